The molecule has 0 fully saturated rings. The van der Waals surface area contributed by atoms with E-state index in [0.29, 0.717) is 13.2 Å². The van der Waals surface area contributed by atoms with Crippen LogP contribution in [0.1, 0.15) is 21.9 Å². The number of carbonyl (C=O) groups excluding carboxylic acids is 1. The van der Waals surface area contributed by atoms with E-state index in [1.165, 1.54) is 5.56 Å². The van der Waals surface area contributed by atoms with Crippen molar-refractivity contribution >= 4 is 23.4 Å². The van der Waals surface area contributed by atoms with E-state index in [1.54, 1.807) is 18.9 Å². The number of benzene rings is 3. The second-order valence-corrected chi connectivity index (χ2v) is 9.97. The van der Waals surface area contributed by atoms with Crippen molar-refractivity contribution in [2.24, 2.45) is 0 Å². The van der Waals surface area contributed by atoms with E-state index in [0.717, 1.165) is 34.0 Å². The van der Waals surface area contributed by atoms with Crippen LogP contribution in [0, 0.1) is 6.92 Å². The van der Waals surface area contributed by atoms with Gasteiger partial charge in [-0.2, -0.15) is 0 Å². The maximum atomic E-state index is 14.0. The van der Waals surface area contributed by atoms with E-state index < -0.39 is 6.10 Å². The number of amides is 1. The number of carbonyl (C=O) groups is 1. The van der Waals surface area contributed by atoms with Crippen LogP contribution in [0.25, 0.3) is 0 Å². The highest BCUT2D eigenvalue weighted by Crippen LogP contribution is 2.47. The molecule has 0 aromatic heterocycles. The van der Waals surface area contributed by atoms with Crippen LogP contribution < -0.4 is 9.64 Å². The first-order chi connectivity index (χ1) is 16.5. The van der Waals surface area contributed by atoms with Gasteiger partial charge < -0.3 is 19.3 Å². The van der Waals surface area contributed by atoms with Crippen LogP contribution in [0.15, 0.2) is 77.7 Å². The molecule has 0 bridgehead atoms. The third-order valence-electron chi connectivity index (χ3n) is 5.96. The number of hydrogen-bond donors (Lipinski definition) is 0. The fourth-order valence-corrected chi connectivity index (χ4v) is 5.32. The highest BCUT2D eigenvalue weighted by Gasteiger charge is 2.39. The van der Waals surface area contributed by atoms with Gasteiger partial charge in [-0.3, -0.25) is 4.79 Å². The largest absolute Gasteiger partial charge is 0.497 e. The zero-order chi connectivity index (χ0) is 24.1. The predicted octanol–water partition coefficient (Wildman–Crippen LogP) is 5.33. The van der Waals surface area contributed by atoms with Crippen LogP contribution in [0.5, 0.6) is 5.75 Å². The van der Waals surface area contributed by atoms with Gasteiger partial charge in [0.2, 0.25) is 0 Å². The molecule has 2 atom stereocenters. The average Bonchev–Trinajstić information content (AvgIpc) is 2.96. The number of fused-ring (bicyclic) bond motifs is 1. The summed E-state index contributed by atoms with van der Waals surface area (Å²) in [6, 6.07) is 24.4. The third-order valence-corrected chi connectivity index (χ3v) is 7.33. The molecule has 0 saturated heterocycles. The summed E-state index contributed by atoms with van der Waals surface area (Å²) in [5, 5.41) is -0.186. The van der Waals surface area contributed by atoms with Crippen LogP contribution in [-0.4, -0.2) is 51.2 Å². The Kier molecular flexibility index (Phi) is 7.93. The normalized spacial score (nSPS) is 18.0. The van der Waals surface area contributed by atoms with Crippen LogP contribution in [0.2, 0.25) is 0 Å². The fourth-order valence-electron chi connectivity index (χ4n) is 3.98. The van der Waals surface area contributed by atoms with E-state index in [1.807, 2.05) is 61.5 Å². The van der Waals surface area contributed by atoms with Crippen molar-refractivity contribution in [3.05, 3.63) is 89.5 Å². The van der Waals surface area contributed by atoms with Crippen molar-refractivity contribution in [2.45, 2.75) is 29.8 Å². The molecule has 3 aromatic carbocycles. The number of thioether (sulfide) groups is 1. The number of methoxy groups -OCH3 is 1. The second kappa shape index (κ2) is 11.1. The van der Waals surface area contributed by atoms with Gasteiger partial charge in [-0.15, -0.1) is 11.8 Å². The van der Waals surface area contributed by atoms with Crippen LogP contribution in [0.3, 0.4) is 0 Å². The number of aryl methyl sites for hydroxylation is 1. The van der Waals surface area contributed by atoms with Crippen molar-refractivity contribution < 1.29 is 14.3 Å². The number of nitrogens with zero attached hydrogens (tertiary/aromatic N) is 2. The number of likely N-dealkylation sites (N-methyl/N-ethyl adjacent to an activating group) is 1. The van der Waals surface area contributed by atoms with Crippen molar-refractivity contribution in [1.82, 2.24) is 4.90 Å². The highest BCUT2D eigenvalue weighted by molar-refractivity contribution is 7.99. The Morgan fingerprint density at radius 1 is 0.971 bits per heavy atom. The van der Waals surface area contributed by atoms with E-state index in [9.17, 15) is 4.79 Å². The molecule has 0 radical (unpaired) electrons. The first-order valence-electron chi connectivity index (χ1n) is 11.5. The van der Waals surface area contributed by atoms with Crippen molar-refractivity contribution in [3.63, 3.8) is 0 Å². The Morgan fingerprint density at radius 3 is 2.35 bits per heavy atom. The Labute approximate surface area is 206 Å². The molecule has 4 rings (SSSR count). The molecule has 0 saturated carbocycles. The zero-order valence-electron chi connectivity index (χ0n) is 20.2. The Bertz CT molecular complexity index is 1100. The number of hydrogen-bond acceptors (Lipinski definition) is 5. The first-order valence-corrected chi connectivity index (χ1v) is 12.4. The van der Waals surface area contributed by atoms with Gasteiger partial charge in [0.15, 0.2) is 6.10 Å². The van der Waals surface area contributed by atoms with Crippen molar-refractivity contribution in [2.75, 3.05) is 39.2 Å². The number of para-hydroxylation sites is 1. The maximum Gasteiger partial charge on any atom is 0.257 e. The van der Waals surface area contributed by atoms with Gasteiger partial charge >= 0.3 is 0 Å². The Hall–Kier alpha value is -2.80. The molecule has 1 aliphatic heterocycles. The lowest BCUT2D eigenvalue weighted by Crippen LogP contribution is -2.44. The minimum atomic E-state index is -0.630. The summed E-state index contributed by atoms with van der Waals surface area (Å²) < 4.78 is 11.8. The van der Waals surface area contributed by atoms with Gasteiger partial charge in [-0.05, 0) is 56.4 Å². The average molecular weight is 477 g/mol. The minimum absolute atomic E-state index is 0.00719. The summed E-state index contributed by atoms with van der Waals surface area (Å²) in [6.07, 6.45) is -0.630. The zero-order valence-corrected chi connectivity index (χ0v) is 21.0. The molecule has 1 heterocycles. The molecule has 1 amide bonds. The molecular weight excluding hydrogens is 444 g/mol. The SMILES string of the molecule is COc1ccc([C@H]2Sc3ccccc3N(CCN(C)C)C(=O)[C@H]2OCc2ccc(C)cc2)cc1. The summed E-state index contributed by atoms with van der Waals surface area (Å²) in [6.45, 7) is 3.81. The van der Waals surface area contributed by atoms with E-state index in [-0.39, 0.29) is 11.2 Å². The van der Waals surface area contributed by atoms with E-state index in [4.69, 9.17) is 9.47 Å². The molecule has 0 spiro atoms. The third kappa shape index (κ3) is 5.63. The monoisotopic (exact) mass is 476 g/mol. The minimum Gasteiger partial charge on any atom is -0.497 e. The number of anilines is 1. The molecule has 1 aliphatic rings. The fraction of sp³-hybridized carbons (Fsp3) is 0.321. The van der Waals surface area contributed by atoms with Gasteiger partial charge in [-0.1, -0.05) is 54.1 Å². The van der Waals surface area contributed by atoms with Crippen LogP contribution in [-0.2, 0) is 16.1 Å². The topological polar surface area (TPSA) is 42.0 Å². The lowest BCUT2D eigenvalue weighted by Gasteiger charge is -2.29. The summed E-state index contributed by atoms with van der Waals surface area (Å²) in [7, 11) is 5.70. The maximum absolute atomic E-state index is 14.0. The molecule has 3 aromatic rings. The standard InChI is InChI=1S/C28H32N2O3S/c1-20-9-11-21(12-10-20)19-33-26-27(22-13-15-23(32-4)16-14-22)34-25-8-6-5-7-24(25)30(28(26)31)18-17-29(2)3/h5-16,26-27H,17-19H2,1-4H3/t26-,27+/m0/s1. The molecule has 34 heavy (non-hydrogen) atoms. The molecule has 0 unspecified atom stereocenters. The summed E-state index contributed by atoms with van der Waals surface area (Å²) in [5.74, 6) is 0.783. The summed E-state index contributed by atoms with van der Waals surface area (Å²) in [5.41, 5.74) is 4.24. The summed E-state index contributed by atoms with van der Waals surface area (Å²) in [4.78, 5) is 19.1. The second-order valence-electron chi connectivity index (χ2n) is 8.79. The van der Waals surface area contributed by atoms with Gasteiger partial charge in [0.1, 0.15) is 5.75 Å². The van der Waals surface area contributed by atoms with E-state index in [2.05, 4.69) is 42.2 Å². The predicted molar refractivity (Wildman–Crippen MR) is 139 cm³/mol. The smallest absolute Gasteiger partial charge is 0.257 e. The Morgan fingerprint density at radius 2 is 1.68 bits per heavy atom. The molecule has 6 heteroatoms. The molecule has 0 N–H and O–H groups in total. The van der Waals surface area contributed by atoms with Gasteiger partial charge in [0, 0.05) is 18.0 Å². The highest BCUT2D eigenvalue weighted by atomic mass is 32.2. The van der Waals surface area contributed by atoms with Crippen molar-refractivity contribution in [1.29, 1.82) is 0 Å². The van der Waals surface area contributed by atoms with Gasteiger partial charge in [-0.25, -0.2) is 0 Å². The van der Waals surface area contributed by atoms with E-state index >= 15 is 0 Å². The molecular formula is C28H32N2O3S. The van der Waals surface area contributed by atoms with Crippen molar-refractivity contribution in [3.8, 4) is 5.75 Å². The quantitative estimate of drug-likeness (QED) is 0.440. The molecule has 5 nitrogen and oxygen atoms in total. The Balaban J connectivity index is 1.71. The molecule has 178 valence electrons. The lowest BCUT2D eigenvalue weighted by atomic mass is 10.1. The first kappa shape index (κ1) is 24.3. The van der Waals surface area contributed by atoms with Crippen LogP contribution >= 0.6 is 11.8 Å². The molecule has 0 aliphatic carbocycles. The number of ether oxygens (including phenoxy) is 2. The summed E-state index contributed by atoms with van der Waals surface area (Å²) >= 11 is 1.69. The lowest BCUT2D eigenvalue weighted by molar-refractivity contribution is -0.131. The van der Waals surface area contributed by atoms with Crippen LogP contribution in [0.4, 0.5) is 5.69 Å². The number of rotatable bonds is 8. The van der Waals surface area contributed by atoms with Gasteiger partial charge in [0.05, 0.1) is 24.7 Å². The van der Waals surface area contributed by atoms with Gasteiger partial charge in [0.25, 0.3) is 5.91 Å².